The third-order valence-electron chi connectivity index (χ3n) is 5.18. The number of ketones is 1. The lowest BCUT2D eigenvalue weighted by atomic mass is 10.0. The van der Waals surface area contributed by atoms with Crippen LogP contribution in [0.5, 0.6) is 0 Å². The first-order valence-electron chi connectivity index (χ1n) is 9.96. The van der Waals surface area contributed by atoms with Gasteiger partial charge in [-0.15, -0.1) is 0 Å². The van der Waals surface area contributed by atoms with E-state index in [0.29, 0.717) is 0 Å². The molecule has 0 aliphatic carbocycles. The summed E-state index contributed by atoms with van der Waals surface area (Å²) < 4.78 is 0. The number of rotatable bonds is 7. The number of hydrogen-bond acceptors (Lipinski definition) is 4. The summed E-state index contributed by atoms with van der Waals surface area (Å²) in [5.41, 5.74) is 4.24. The molecule has 148 valence electrons. The van der Waals surface area contributed by atoms with E-state index in [4.69, 9.17) is 0 Å². The summed E-state index contributed by atoms with van der Waals surface area (Å²) in [5.74, 6) is 0.0714. The average molecular weight is 378 g/mol. The summed E-state index contributed by atoms with van der Waals surface area (Å²) in [4.78, 5) is 19.7. The van der Waals surface area contributed by atoms with Gasteiger partial charge >= 0.3 is 0 Å². The van der Waals surface area contributed by atoms with Gasteiger partial charge in [0.1, 0.15) is 0 Å². The van der Waals surface area contributed by atoms with Gasteiger partial charge in [-0.2, -0.15) is 0 Å². The molecule has 4 nitrogen and oxygen atoms in total. The van der Waals surface area contributed by atoms with Gasteiger partial charge in [0.25, 0.3) is 0 Å². The van der Waals surface area contributed by atoms with E-state index < -0.39 is 0 Å². The fraction of sp³-hybridized carbons (Fsp3) is 0.375. The Balaban J connectivity index is 1.66. The van der Waals surface area contributed by atoms with Crippen LogP contribution < -0.4 is 0 Å². The first-order chi connectivity index (χ1) is 13.5. The normalized spacial score (nSPS) is 16.1. The van der Waals surface area contributed by atoms with Gasteiger partial charge in [0, 0.05) is 44.8 Å². The Morgan fingerprint density at radius 3 is 2.36 bits per heavy atom. The summed E-state index contributed by atoms with van der Waals surface area (Å²) in [6.45, 7) is 6.02. The highest BCUT2D eigenvalue weighted by atomic mass is 16.1. The van der Waals surface area contributed by atoms with Gasteiger partial charge in [-0.3, -0.25) is 9.69 Å². The number of allylic oxidation sites excluding steroid dienone is 1. The molecule has 0 unspecified atom stereocenters. The van der Waals surface area contributed by atoms with Crippen molar-refractivity contribution in [2.45, 2.75) is 13.1 Å². The fourth-order valence-electron chi connectivity index (χ4n) is 3.51. The quantitative estimate of drug-likeness (QED) is 0.546. The van der Waals surface area contributed by atoms with Crippen LogP contribution in [-0.2, 0) is 13.1 Å². The monoisotopic (exact) mass is 377 g/mol. The van der Waals surface area contributed by atoms with Gasteiger partial charge in [-0.05, 0) is 43.9 Å². The molecule has 0 bridgehead atoms. The minimum atomic E-state index is 0.0714. The van der Waals surface area contributed by atoms with Gasteiger partial charge in [0.05, 0.1) is 0 Å². The maximum Gasteiger partial charge on any atom is 0.186 e. The van der Waals surface area contributed by atoms with Crippen molar-refractivity contribution in [2.75, 3.05) is 47.3 Å². The lowest BCUT2D eigenvalue weighted by Crippen LogP contribution is -2.44. The number of piperazine rings is 1. The summed E-state index contributed by atoms with van der Waals surface area (Å²) in [5, 5.41) is 0. The van der Waals surface area contributed by atoms with Gasteiger partial charge in [0.2, 0.25) is 0 Å². The lowest BCUT2D eigenvalue weighted by molar-refractivity contribution is 0.104. The molecule has 3 rings (SSSR count). The van der Waals surface area contributed by atoms with Crippen molar-refractivity contribution < 1.29 is 4.79 Å². The molecule has 2 aromatic carbocycles. The highest BCUT2D eigenvalue weighted by Gasteiger charge is 2.16. The number of likely N-dealkylation sites (N-methyl/N-ethyl adjacent to an activating group) is 1. The molecule has 2 aromatic rings. The number of benzene rings is 2. The minimum absolute atomic E-state index is 0.0714. The van der Waals surface area contributed by atoms with Gasteiger partial charge in [-0.25, -0.2) is 0 Å². The van der Waals surface area contributed by atoms with E-state index in [1.807, 2.05) is 24.3 Å². The third-order valence-corrected chi connectivity index (χ3v) is 5.18. The largest absolute Gasteiger partial charge is 0.305 e. The van der Waals surface area contributed by atoms with Crippen molar-refractivity contribution in [1.82, 2.24) is 14.7 Å². The molecule has 0 amide bonds. The van der Waals surface area contributed by atoms with Gasteiger partial charge in [-0.1, -0.05) is 54.6 Å². The van der Waals surface area contributed by atoms with E-state index >= 15 is 0 Å². The van der Waals surface area contributed by atoms with Crippen molar-refractivity contribution in [3.63, 3.8) is 0 Å². The lowest BCUT2D eigenvalue weighted by Gasteiger charge is -2.32. The Labute approximate surface area is 169 Å². The van der Waals surface area contributed by atoms with Crippen LogP contribution in [0.25, 0.3) is 6.08 Å². The molecule has 0 radical (unpaired) electrons. The van der Waals surface area contributed by atoms with E-state index in [2.05, 4.69) is 66.2 Å². The second kappa shape index (κ2) is 9.78. The number of hydrogen-bond donors (Lipinski definition) is 0. The van der Waals surface area contributed by atoms with Crippen molar-refractivity contribution in [1.29, 1.82) is 0 Å². The average Bonchev–Trinajstić information content (AvgIpc) is 2.69. The van der Waals surface area contributed by atoms with Crippen molar-refractivity contribution in [3.05, 3.63) is 76.9 Å². The van der Waals surface area contributed by atoms with Crippen LogP contribution in [0.2, 0.25) is 0 Å². The predicted octanol–water partition coefficient (Wildman–Crippen LogP) is 3.39. The second-order valence-electron chi connectivity index (χ2n) is 7.91. The van der Waals surface area contributed by atoms with E-state index in [0.717, 1.165) is 56.0 Å². The molecule has 0 N–H and O–H groups in total. The molecule has 1 aliphatic rings. The molecule has 1 fully saturated rings. The molecule has 1 saturated heterocycles. The molecule has 1 aliphatic heterocycles. The van der Waals surface area contributed by atoms with E-state index in [1.165, 1.54) is 5.56 Å². The van der Waals surface area contributed by atoms with Crippen LogP contribution in [-0.4, -0.2) is 67.8 Å². The summed E-state index contributed by atoms with van der Waals surface area (Å²) in [7, 11) is 6.28. The van der Waals surface area contributed by atoms with Crippen molar-refractivity contribution >= 4 is 11.9 Å². The van der Waals surface area contributed by atoms with Crippen LogP contribution >= 0.6 is 0 Å². The maximum absolute atomic E-state index is 12.8. The minimum Gasteiger partial charge on any atom is -0.305 e. The van der Waals surface area contributed by atoms with Crippen LogP contribution in [0, 0.1) is 0 Å². The zero-order chi connectivity index (χ0) is 19.9. The van der Waals surface area contributed by atoms with E-state index in [9.17, 15) is 4.79 Å². The van der Waals surface area contributed by atoms with Crippen LogP contribution in [0.3, 0.4) is 0 Å². The number of carbonyl (C=O) groups excluding carboxylic acids is 1. The summed E-state index contributed by atoms with van der Waals surface area (Å²) >= 11 is 0. The van der Waals surface area contributed by atoms with Crippen LogP contribution in [0.1, 0.15) is 27.0 Å². The molecule has 0 atom stereocenters. The SMILES string of the molecule is CN(C)Cc1ccc(C=CC(=O)c2ccccc2CN2CCN(C)CC2)cc1. The number of nitrogens with zero attached hydrogens (tertiary/aromatic N) is 3. The highest BCUT2D eigenvalue weighted by molar-refractivity contribution is 6.07. The summed E-state index contributed by atoms with van der Waals surface area (Å²) in [6, 6.07) is 16.4. The van der Waals surface area contributed by atoms with Crippen LogP contribution in [0.15, 0.2) is 54.6 Å². The van der Waals surface area contributed by atoms with Crippen molar-refractivity contribution in [3.8, 4) is 0 Å². The third kappa shape index (κ3) is 5.86. The molecule has 4 heteroatoms. The molecule has 28 heavy (non-hydrogen) atoms. The predicted molar refractivity (Wildman–Crippen MR) is 116 cm³/mol. The summed E-state index contributed by atoms with van der Waals surface area (Å²) in [6.07, 6.45) is 3.61. The van der Waals surface area contributed by atoms with Crippen LogP contribution in [0.4, 0.5) is 0 Å². The van der Waals surface area contributed by atoms with Gasteiger partial charge < -0.3 is 9.80 Å². The molecular weight excluding hydrogens is 346 g/mol. The van der Waals surface area contributed by atoms with Gasteiger partial charge in [0.15, 0.2) is 5.78 Å². The zero-order valence-electron chi connectivity index (χ0n) is 17.3. The fourth-order valence-corrected chi connectivity index (χ4v) is 3.51. The zero-order valence-corrected chi connectivity index (χ0v) is 17.3. The maximum atomic E-state index is 12.8. The van der Waals surface area contributed by atoms with E-state index in [1.54, 1.807) is 6.08 Å². The Hall–Kier alpha value is -2.27. The topological polar surface area (TPSA) is 26.8 Å². The molecule has 1 heterocycles. The van der Waals surface area contributed by atoms with Crippen molar-refractivity contribution in [2.24, 2.45) is 0 Å². The highest BCUT2D eigenvalue weighted by Crippen LogP contribution is 2.15. The molecule has 0 aromatic heterocycles. The molecular formula is C24H31N3O. The smallest absolute Gasteiger partial charge is 0.186 e. The Bertz CT molecular complexity index is 803. The molecule has 0 spiro atoms. The molecule has 0 saturated carbocycles. The second-order valence-corrected chi connectivity index (χ2v) is 7.91. The standard InChI is InChI=1S/C24H31N3O/c1-25(2)18-21-10-8-20(9-11-21)12-13-24(28)23-7-5-4-6-22(23)19-27-16-14-26(3)15-17-27/h4-13H,14-19H2,1-3H3. The first-order valence-corrected chi connectivity index (χ1v) is 9.96. The Morgan fingerprint density at radius 1 is 1.00 bits per heavy atom. The number of carbonyl (C=O) groups is 1. The first kappa shape index (κ1) is 20.5. The Morgan fingerprint density at radius 2 is 1.68 bits per heavy atom. The Kier molecular flexibility index (Phi) is 7.15. The van der Waals surface area contributed by atoms with E-state index in [-0.39, 0.29) is 5.78 Å².